The maximum absolute atomic E-state index is 12.9. The van der Waals surface area contributed by atoms with Gasteiger partial charge in [0.1, 0.15) is 6.04 Å². The number of carbonyl (C=O) groups excluding carboxylic acids is 3. The highest BCUT2D eigenvalue weighted by Gasteiger charge is 2.22. The van der Waals surface area contributed by atoms with Gasteiger partial charge in [0.2, 0.25) is 5.91 Å². The topological polar surface area (TPSA) is 87.3 Å². The highest BCUT2D eigenvalue weighted by Crippen LogP contribution is 2.14. The van der Waals surface area contributed by atoms with E-state index in [0.717, 1.165) is 17.7 Å². The summed E-state index contributed by atoms with van der Waals surface area (Å²) >= 11 is 1.61. The molecule has 2 rings (SSSR count). The Labute approximate surface area is 194 Å². The van der Waals surface area contributed by atoms with Gasteiger partial charge in [-0.3, -0.25) is 14.4 Å². The van der Waals surface area contributed by atoms with Crippen LogP contribution in [0.4, 0.5) is 5.69 Å². The van der Waals surface area contributed by atoms with Gasteiger partial charge in [-0.1, -0.05) is 24.6 Å². The fourth-order valence-electron chi connectivity index (χ4n) is 2.93. The first-order valence-corrected chi connectivity index (χ1v) is 12.1. The molecule has 3 amide bonds. The zero-order chi connectivity index (χ0) is 23.7. The standard InChI is InChI=1S/C25H33N3O3S/c1-6-25(3,4)28-23(30)18-10-12-20(13-11-18)26-24(31)21(14-15-32-5)27-22(29)19-9-7-8-17(2)16-19/h7-13,16,21H,6,14-15H2,1-5H3,(H,26,31)(H,27,29)(H,28,30). The summed E-state index contributed by atoms with van der Waals surface area (Å²) in [5.74, 6) is 0.0151. The first-order valence-electron chi connectivity index (χ1n) is 10.7. The van der Waals surface area contributed by atoms with Crippen molar-refractivity contribution < 1.29 is 14.4 Å². The molecule has 0 saturated heterocycles. The Hall–Kier alpha value is -2.80. The maximum atomic E-state index is 12.9. The van der Waals surface area contributed by atoms with Crippen LogP contribution in [0, 0.1) is 6.92 Å². The summed E-state index contributed by atoms with van der Waals surface area (Å²) in [4.78, 5) is 37.9. The molecule has 32 heavy (non-hydrogen) atoms. The van der Waals surface area contributed by atoms with E-state index < -0.39 is 6.04 Å². The van der Waals surface area contributed by atoms with Crippen LogP contribution in [0.1, 0.15) is 59.9 Å². The van der Waals surface area contributed by atoms with Crippen LogP contribution in [-0.2, 0) is 4.79 Å². The van der Waals surface area contributed by atoms with Crippen molar-refractivity contribution in [1.82, 2.24) is 10.6 Å². The fraction of sp³-hybridized carbons (Fsp3) is 0.400. The average Bonchev–Trinajstić information content (AvgIpc) is 2.76. The lowest BCUT2D eigenvalue weighted by molar-refractivity contribution is -0.118. The normalized spacial score (nSPS) is 12.0. The number of rotatable bonds is 10. The van der Waals surface area contributed by atoms with E-state index in [-0.39, 0.29) is 23.3 Å². The Morgan fingerprint density at radius 2 is 1.69 bits per heavy atom. The molecule has 2 aromatic carbocycles. The quantitative estimate of drug-likeness (QED) is 0.495. The summed E-state index contributed by atoms with van der Waals surface area (Å²) in [5.41, 5.74) is 2.31. The summed E-state index contributed by atoms with van der Waals surface area (Å²) in [6.07, 6.45) is 3.29. The van der Waals surface area contributed by atoms with Crippen LogP contribution >= 0.6 is 11.8 Å². The number of amides is 3. The zero-order valence-electron chi connectivity index (χ0n) is 19.5. The van der Waals surface area contributed by atoms with E-state index in [1.165, 1.54) is 0 Å². The van der Waals surface area contributed by atoms with Crippen molar-refractivity contribution >= 4 is 35.2 Å². The van der Waals surface area contributed by atoms with E-state index in [0.29, 0.717) is 23.2 Å². The van der Waals surface area contributed by atoms with E-state index in [2.05, 4.69) is 16.0 Å². The molecule has 172 valence electrons. The minimum Gasteiger partial charge on any atom is -0.347 e. The Kier molecular flexibility index (Phi) is 9.32. The predicted octanol–water partition coefficient (Wildman–Crippen LogP) is 4.40. The molecule has 0 aromatic heterocycles. The molecule has 7 heteroatoms. The van der Waals surface area contributed by atoms with Crippen LogP contribution in [0.25, 0.3) is 0 Å². The Morgan fingerprint density at radius 3 is 2.28 bits per heavy atom. The largest absolute Gasteiger partial charge is 0.347 e. The molecule has 0 aliphatic carbocycles. The third-order valence-electron chi connectivity index (χ3n) is 5.26. The third-order valence-corrected chi connectivity index (χ3v) is 5.91. The zero-order valence-corrected chi connectivity index (χ0v) is 20.3. The molecule has 1 atom stereocenters. The molecule has 3 N–H and O–H groups in total. The van der Waals surface area contributed by atoms with Gasteiger partial charge in [0.15, 0.2) is 0 Å². The molecule has 0 saturated carbocycles. The highest BCUT2D eigenvalue weighted by molar-refractivity contribution is 7.98. The van der Waals surface area contributed by atoms with Crippen LogP contribution in [0.5, 0.6) is 0 Å². The Morgan fingerprint density at radius 1 is 1.00 bits per heavy atom. The maximum Gasteiger partial charge on any atom is 0.251 e. The number of anilines is 1. The molecule has 0 heterocycles. The minimum absolute atomic E-state index is 0.155. The van der Waals surface area contributed by atoms with Gasteiger partial charge in [-0.15, -0.1) is 0 Å². The second-order valence-corrected chi connectivity index (χ2v) is 9.42. The van der Waals surface area contributed by atoms with Gasteiger partial charge in [0.25, 0.3) is 11.8 Å². The molecule has 0 radical (unpaired) electrons. The van der Waals surface area contributed by atoms with Gasteiger partial charge < -0.3 is 16.0 Å². The van der Waals surface area contributed by atoms with Crippen molar-refractivity contribution in [3.8, 4) is 0 Å². The molecule has 2 aromatic rings. The number of thioether (sulfide) groups is 1. The summed E-state index contributed by atoms with van der Waals surface area (Å²) < 4.78 is 0. The molecule has 0 bridgehead atoms. The fourth-order valence-corrected chi connectivity index (χ4v) is 3.41. The van der Waals surface area contributed by atoms with Crippen LogP contribution in [0.2, 0.25) is 0 Å². The summed E-state index contributed by atoms with van der Waals surface area (Å²) in [6.45, 7) is 7.88. The van der Waals surface area contributed by atoms with E-state index in [4.69, 9.17) is 0 Å². The van der Waals surface area contributed by atoms with Crippen LogP contribution < -0.4 is 16.0 Å². The number of nitrogens with one attached hydrogen (secondary N) is 3. The van der Waals surface area contributed by atoms with Crippen molar-refractivity contribution in [2.24, 2.45) is 0 Å². The van der Waals surface area contributed by atoms with Crippen molar-refractivity contribution in [2.75, 3.05) is 17.3 Å². The number of hydrogen-bond donors (Lipinski definition) is 3. The lowest BCUT2D eigenvalue weighted by Crippen LogP contribution is -2.44. The second-order valence-electron chi connectivity index (χ2n) is 8.44. The molecule has 0 aliphatic rings. The van der Waals surface area contributed by atoms with Crippen LogP contribution in [-0.4, -0.2) is 41.3 Å². The first-order chi connectivity index (χ1) is 15.1. The van der Waals surface area contributed by atoms with Crippen molar-refractivity contribution in [3.63, 3.8) is 0 Å². The summed E-state index contributed by atoms with van der Waals surface area (Å²) in [5, 5.41) is 8.69. The summed E-state index contributed by atoms with van der Waals surface area (Å²) in [7, 11) is 0. The van der Waals surface area contributed by atoms with Gasteiger partial charge in [-0.05, 0) is 82.0 Å². The molecule has 6 nitrogen and oxygen atoms in total. The predicted molar refractivity (Wildman–Crippen MR) is 132 cm³/mol. The monoisotopic (exact) mass is 455 g/mol. The van der Waals surface area contributed by atoms with Gasteiger partial charge in [-0.2, -0.15) is 11.8 Å². The third kappa shape index (κ3) is 7.71. The van der Waals surface area contributed by atoms with Gasteiger partial charge in [0, 0.05) is 22.4 Å². The van der Waals surface area contributed by atoms with Crippen molar-refractivity contribution in [3.05, 3.63) is 65.2 Å². The molecular formula is C25H33N3O3S. The number of aryl methyl sites for hydroxylation is 1. The van der Waals surface area contributed by atoms with Gasteiger partial charge >= 0.3 is 0 Å². The molecule has 0 spiro atoms. The molecule has 1 unspecified atom stereocenters. The van der Waals surface area contributed by atoms with Gasteiger partial charge in [0.05, 0.1) is 0 Å². The van der Waals surface area contributed by atoms with E-state index in [1.54, 1.807) is 48.2 Å². The van der Waals surface area contributed by atoms with E-state index in [1.807, 2.05) is 46.1 Å². The smallest absolute Gasteiger partial charge is 0.251 e. The lowest BCUT2D eigenvalue weighted by Gasteiger charge is -2.24. The number of benzene rings is 2. The minimum atomic E-state index is -0.663. The first kappa shape index (κ1) is 25.5. The lowest BCUT2D eigenvalue weighted by atomic mass is 10.0. The molecular weight excluding hydrogens is 422 g/mol. The second kappa shape index (κ2) is 11.7. The molecule has 0 aliphatic heterocycles. The SMILES string of the molecule is CCC(C)(C)NC(=O)c1ccc(NC(=O)C(CCSC)NC(=O)c2cccc(C)c2)cc1. The van der Waals surface area contributed by atoms with Crippen LogP contribution in [0.15, 0.2) is 48.5 Å². The molecule has 0 fully saturated rings. The number of hydrogen-bond acceptors (Lipinski definition) is 4. The van der Waals surface area contributed by atoms with Crippen LogP contribution in [0.3, 0.4) is 0 Å². The van der Waals surface area contributed by atoms with E-state index in [9.17, 15) is 14.4 Å². The average molecular weight is 456 g/mol. The Bertz CT molecular complexity index is 942. The summed E-state index contributed by atoms with van der Waals surface area (Å²) in [6, 6.07) is 13.3. The van der Waals surface area contributed by atoms with Gasteiger partial charge in [-0.25, -0.2) is 0 Å². The highest BCUT2D eigenvalue weighted by atomic mass is 32.2. The van der Waals surface area contributed by atoms with Crippen molar-refractivity contribution in [2.45, 2.75) is 52.1 Å². The number of carbonyl (C=O) groups is 3. The van der Waals surface area contributed by atoms with E-state index >= 15 is 0 Å². The van der Waals surface area contributed by atoms with Crippen molar-refractivity contribution in [1.29, 1.82) is 0 Å². The Balaban J connectivity index is 2.05.